The number of benzene rings is 2. The van der Waals surface area contributed by atoms with Crippen LogP contribution in [0, 0.1) is 11.3 Å². The molecule has 1 spiro atoms. The Morgan fingerprint density at radius 3 is 2.42 bits per heavy atom. The first-order valence-corrected chi connectivity index (χ1v) is 20.9. The highest BCUT2D eigenvalue weighted by atomic mass is 16.6. The Morgan fingerprint density at radius 1 is 0.966 bits per heavy atom. The standard InChI is InChI=1S/C46H56N4O9/c1-8-42(54)23-28-24-45(40(52)57-6,36-30(15-19-49(25-28)26-42)29-13-10-11-14-33(29)47-36)32-21-31-34(22-35(32)56-5)48(4)38-44(31)17-20-50-18-12-16-43(9-2,37(44)50)39(59-27(3)51)46(38,55)41(53)58-7/h10-16,19,21-22,28,37-39,47,54-55H,8-9,17-18,20,23-26H2,1-7H3/b19-15-/t28-,37-,38+,39+,42-,43+,44+,45-,46-/m0/s1. The van der Waals surface area contributed by atoms with E-state index in [0.29, 0.717) is 75.3 Å². The molecule has 1 aliphatic carbocycles. The first-order chi connectivity index (χ1) is 28.2. The number of nitrogens with one attached hydrogen (secondary N) is 1. The summed E-state index contributed by atoms with van der Waals surface area (Å²) in [5.41, 5.74) is -2.14. The van der Waals surface area contributed by atoms with Crippen molar-refractivity contribution in [2.75, 3.05) is 59.5 Å². The van der Waals surface area contributed by atoms with E-state index in [2.05, 4.69) is 20.9 Å². The molecule has 59 heavy (non-hydrogen) atoms. The van der Waals surface area contributed by atoms with Crippen molar-refractivity contribution in [3.05, 3.63) is 77.1 Å². The van der Waals surface area contributed by atoms with Gasteiger partial charge < -0.3 is 43.9 Å². The lowest BCUT2D eigenvalue weighted by Crippen LogP contribution is -2.81. The van der Waals surface area contributed by atoms with Gasteiger partial charge in [0.25, 0.3) is 0 Å². The quantitative estimate of drug-likeness (QED) is 0.176. The van der Waals surface area contributed by atoms with Gasteiger partial charge in [-0.3, -0.25) is 14.5 Å². The Bertz CT molecular complexity index is 2310. The van der Waals surface area contributed by atoms with Gasteiger partial charge in [-0.2, -0.15) is 0 Å². The number of carbonyl (C=O) groups excluding carboxylic acids is 3. The van der Waals surface area contributed by atoms with Gasteiger partial charge in [-0.1, -0.05) is 44.2 Å². The molecule has 13 heteroatoms. The Labute approximate surface area is 344 Å². The van der Waals surface area contributed by atoms with Crippen molar-refractivity contribution in [1.29, 1.82) is 0 Å². The number of fused-ring (bicyclic) bond motifs is 6. The highest BCUT2D eigenvalue weighted by Crippen LogP contribution is 2.68. The molecule has 0 radical (unpaired) electrons. The second-order valence-electron chi connectivity index (χ2n) is 17.9. The molecule has 2 saturated heterocycles. The van der Waals surface area contributed by atoms with Gasteiger partial charge in [0.1, 0.15) is 11.2 Å². The molecule has 3 aromatic rings. The highest BCUT2D eigenvalue weighted by Gasteiger charge is 2.80. The summed E-state index contributed by atoms with van der Waals surface area (Å²) < 4.78 is 23.9. The van der Waals surface area contributed by atoms with Crippen molar-refractivity contribution in [3.63, 3.8) is 0 Å². The number of rotatable bonds is 7. The zero-order valence-electron chi connectivity index (χ0n) is 35.0. The van der Waals surface area contributed by atoms with Crippen LogP contribution in [0.5, 0.6) is 5.75 Å². The first kappa shape index (κ1) is 39.6. The molecule has 5 aliphatic heterocycles. The summed E-state index contributed by atoms with van der Waals surface area (Å²) in [4.78, 5) is 52.9. The van der Waals surface area contributed by atoms with Crippen LogP contribution < -0.4 is 9.64 Å². The molecule has 1 saturated carbocycles. The van der Waals surface area contributed by atoms with Crippen LogP contribution in [0.1, 0.15) is 75.3 Å². The predicted molar refractivity (Wildman–Crippen MR) is 221 cm³/mol. The van der Waals surface area contributed by atoms with Gasteiger partial charge in [0.2, 0.25) is 5.60 Å². The molecule has 3 N–H and O–H groups in total. The lowest BCUT2D eigenvalue weighted by atomic mass is 9.47. The van der Waals surface area contributed by atoms with Crippen molar-refractivity contribution in [1.82, 2.24) is 14.8 Å². The average molecular weight is 809 g/mol. The van der Waals surface area contributed by atoms with Gasteiger partial charge in [-0.25, -0.2) is 4.79 Å². The third kappa shape index (κ3) is 5.10. The molecule has 2 aromatic carbocycles. The number of methoxy groups -OCH3 is 3. The van der Waals surface area contributed by atoms with Crippen LogP contribution in [-0.2, 0) is 39.4 Å². The number of hydrogen-bond acceptors (Lipinski definition) is 12. The Balaban J connectivity index is 1.37. The topological polar surface area (TPSA) is 154 Å². The number of carbonyl (C=O) groups is 3. The zero-order chi connectivity index (χ0) is 41.9. The number of piperidine rings is 1. The van der Waals surface area contributed by atoms with Crippen molar-refractivity contribution in [2.45, 2.75) is 93.1 Å². The van der Waals surface area contributed by atoms with Gasteiger partial charge in [-0.05, 0) is 74.5 Å². The molecule has 0 unspecified atom stereocenters. The monoisotopic (exact) mass is 808 g/mol. The number of ether oxygens (including phenoxy) is 4. The van der Waals surface area contributed by atoms with Gasteiger partial charge in [-0.15, -0.1) is 0 Å². The molecule has 3 fully saturated rings. The third-order valence-electron chi connectivity index (χ3n) is 15.3. The minimum Gasteiger partial charge on any atom is -0.496 e. The lowest BCUT2D eigenvalue weighted by molar-refractivity contribution is -0.228. The number of para-hydroxylation sites is 1. The molecule has 6 heterocycles. The number of aromatic amines is 1. The van der Waals surface area contributed by atoms with E-state index in [1.165, 1.54) is 21.1 Å². The number of H-pyrrole nitrogens is 1. The number of nitrogens with zero attached hydrogens (tertiary/aromatic N) is 3. The molecular formula is C46H56N4O9. The van der Waals surface area contributed by atoms with Crippen molar-refractivity contribution >= 4 is 40.6 Å². The predicted octanol–water partition coefficient (Wildman–Crippen LogP) is 4.42. The molecule has 13 nitrogen and oxygen atoms in total. The number of esters is 3. The molecule has 1 aromatic heterocycles. The molecular weight excluding hydrogens is 753 g/mol. The SMILES string of the molecule is CC[C@]1(O)C[C@@H]2CN(/C=C\c3c([nH]c4ccccc34)[C@@](C(=O)OC)(c3cc4c(cc3OC)N(C)[C@H]3[C@@](O)(C(=O)OC)[C@H](OC(C)=O)[C@]5(CC)C=CCN6CC[C@]43[C@@H]65)C2)C1. The smallest absolute Gasteiger partial charge is 0.344 e. The summed E-state index contributed by atoms with van der Waals surface area (Å²) in [6.45, 7) is 7.69. The van der Waals surface area contributed by atoms with Crippen molar-refractivity contribution in [3.8, 4) is 5.75 Å². The van der Waals surface area contributed by atoms with E-state index in [9.17, 15) is 19.8 Å². The van der Waals surface area contributed by atoms with E-state index in [0.717, 1.165) is 27.7 Å². The number of hydrogen-bond donors (Lipinski definition) is 3. The fraction of sp³-hybridized carbons (Fsp3) is 0.543. The fourth-order valence-corrected chi connectivity index (χ4v) is 13.1. The Hall–Kier alpha value is -4.85. The average Bonchev–Trinajstić information content (AvgIpc) is 3.90. The normalized spacial score (nSPS) is 36.0. The van der Waals surface area contributed by atoms with Gasteiger partial charge in [0.15, 0.2) is 6.10 Å². The molecule has 9 rings (SSSR count). The second kappa shape index (κ2) is 13.6. The lowest BCUT2D eigenvalue weighted by Gasteiger charge is -2.63. The number of aromatic nitrogens is 1. The molecule has 314 valence electrons. The largest absolute Gasteiger partial charge is 0.496 e. The zero-order valence-corrected chi connectivity index (χ0v) is 35.0. The third-order valence-corrected chi connectivity index (χ3v) is 15.3. The van der Waals surface area contributed by atoms with Gasteiger partial charge in [0, 0.05) is 90.0 Å². The summed E-state index contributed by atoms with van der Waals surface area (Å²) in [6, 6.07) is 10.7. The number of anilines is 1. The maximum Gasteiger partial charge on any atom is 0.344 e. The van der Waals surface area contributed by atoms with Crippen LogP contribution in [-0.4, -0.2) is 127 Å². The highest BCUT2D eigenvalue weighted by molar-refractivity contribution is 5.98. The molecule has 2 bridgehead atoms. The minimum atomic E-state index is -2.31. The van der Waals surface area contributed by atoms with E-state index >= 15 is 4.79 Å². The van der Waals surface area contributed by atoms with E-state index in [4.69, 9.17) is 18.9 Å². The van der Waals surface area contributed by atoms with Crippen LogP contribution in [0.4, 0.5) is 5.69 Å². The van der Waals surface area contributed by atoms with E-state index in [-0.39, 0.29) is 12.0 Å². The van der Waals surface area contributed by atoms with Crippen molar-refractivity contribution < 1.29 is 43.5 Å². The summed E-state index contributed by atoms with van der Waals surface area (Å²) >= 11 is 0. The fourth-order valence-electron chi connectivity index (χ4n) is 13.1. The second-order valence-corrected chi connectivity index (χ2v) is 17.9. The van der Waals surface area contributed by atoms with Gasteiger partial charge >= 0.3 is 17.9 Å². The van der Waals surface area contributed by atoms with Crippen LogP contribution in [0.3, 0.4) is 0 Å². The maximum atomic E-state index is 15.3. The van der Waals surface area contributed by atoms with Gasteiger partial charge in [0.05, 0.1) is 33.0 Å². The molecule has 9 atom stereocenters. The molecule has 6 aliphatic rings. The minimum absolute atomic E-state index is 0.150. The Kier molecular flexibility index (Phi) is 9.12. The van der Waals surface area contributed by atoms with Crippen LogP contribution in [0.25, 0.3) is 17.0 Å². The van der Waals surface area contributed by atoms with E-state index < -0.39 is 57.5 Å². The van der Waals surface area contributed by atoms with E-state index in [1.807, 2.05) is 80.6 Å². The summed E-state index contributed by atoms with van der Waals surface area (Å²) in [5, 5.41) is 26.2. The molecule has 0 amide bonds. The number of likely N-dealkylation sites (N-methyl/N-ethyl adjacent to an activating group) is 1. The van der Waals surface area contributed by atoms with Crippen molar-refractivity contribution in [2.24, 2.45) is 11.3 Å². The van der Waals surface area contributed by atoms with Crippen LogP contribution in [0.2, 0.25) is 0 Å². The summed E-state index contributed by atoms with van der Waals surface area (Å²) in [6.07, 6.45) is 9.25. The summed E-state index contributed by atoms with van der Waals surface area (Å²) in [5.74, 6) is -1.69. The first-order valence-electron chi connectivity index (χ1n) is 20.9. The Morgan fingerprint density at radius 2 is 1.73 bits per heavy atom. The summed E-state index contributed by atoms with van der Waals surface area (Å²) in [7, 11) is 6.11. The van der Waals surface area contributed by atoms with E-state index in [1.54, 1.807) is 7.11 Å². The maximum absolute atomic E-state index is 15.3. The number of aliphatic hydroxyl groups is 2. The van der Waals surface area contributed by atoms with Crippen LogP contribution >= 0.6 is 0 Å². The van der Waals surface area contributed by atoms with Crippen LogP contribution in [0.15, 0.2) is 54.8 Å².